The van der Waals surface area contributed by atoms with Crippen LogP contribution in [-0.2, 0) is 33.3 Å². The van der Waals surface area contributed by atoms with Crippen molar-refractivity contribution in [3.05, 3.63) is 0 Å². The van der Waals surface area contributed by atoms with Crippen molar-refractivity contribution in [1.82, 2.24) is 0 Å². The van der Waals surface area contributed by atoms with E-state index in [2.05, 4.69) is 6.92 Å². The summed E-state index contributed by atoms with van der Waals surface area (Å²) >= 11 is 0. The van der Waals surface area contributed by atoms with Gasteiger partial charge in [-0.05, 0) is 6.42 Å². The van der Waals surface area contributed by atoms with Crippen LogP contribution in [-0.4, -0.2) is 65.3 Å². The summed E-state index contributed by atoms with van der Waals surface area (Å²) < 4.78 is 25.9. The lowest BCUT2D eigenvalue weighted by Crippen LogP contribution is -2.27. The first-order valence-electron chi connectivity index (χ1n) is 12.0. The van der Waals surface area contributed by atoms with Gasteiger partial charge in [0.25, 0.3) is 0 Å². The van der Waals surface area contributed by atoms with Crippen LogP contribution in [0.25, 0.3) is 0 Å². The summed E-state index contributed by atoms with van der Waals surface area (Å²) in [5, 5.41) is 0. The van der Waals surface area contributed by atoms with Crippen LogP contribution in [0, 0.1) is 0 Å². The first-order chi connectivity index (χ1) is 15.1. The Morgan fingerprint density at radius 2 is 1.16 bits per heavy atom. The van der Waals surface area contributed by atoms with Crippen LogP contribution in [0.4, 0.5) is 0 Å². The van der Waals surface area contributed by atoms with Crippen molar-refractivity contribution in [2.24, 2.45) is 0 Å². The number of carbonyl (C=O) groups is 2. The predicted octanol–water partition coefficient (Wildman–Crippen LogP) is 4.84. The lowest BCUT2D eigenvalue weighted by atomic mass is 10.1. The predicted molar refractivity (Wildman–Crippen MR) is 121 cm³/mol. The zero-order chi connectivity index (χ0) is 23.0. The molecule has 0 rings (SSSR count). The van der Waals surface area contributed by atoms with E-state index in [4.69, 9.17) is 23.7 Å². The van der Waals surface area contributed by atoms with Gasteiger partial charge in [0.2, 0.25) is 0 Å². The molecule has 0 aliphatic rings. The fourth-order valence-corrected chi connectivity index (χ4v) is 3.12. The molecule has 7 nitrogen and oxygen atoms in total. The van der Waals surface area contributed by atoms with Crippen LogP contribution >= 0.6 is 0 Å². The number of rotatable bonds is 23. The van der Waals surface area contributed by atoms with Crippen LogP contribution < -0.4 is 0 Å². The first kappa shape index (κ1) is 29.8. The maximum Gasteiger partial charge on any atom is 0.306 e. The van der Waals surface area contributed by atoms with Crippen molar-refractivity contribution in [2.75, 3.05) is 47.3 Å². The molecule has 0 saturated heterocycles. The Balaban J connectivity index is 3.67. The topological polar surface area (TPSA) is 80.3 Å². The Labute approximate surface area is 189 Å². The molecule has 0 aromatic carbocycles. The molecule has 0 bridgehead atoms. The molecule has 0 saturated carbocycles. The summed E-state index contributed by atoms with van der Waals surface area (Å²) in [7, 11) is 3.12. The molecule has 0 aliphatic heterocycles. The average Bonchev–Trinajstić information content (AvgIpc) is 2.76. The number of methoxy groups -OCH3 is 2. The normalized spacial score (nSPS) is 12.0. The second-order valence-corrected chi connectivity index (χ2v) is 7.88. The second kappa shape index (κ2) is 23.5. The van der Waals surface area contributed by atoms with E-state index in [1.807, 2.05) is 0 Å². The van der Waals surface area contributed by atoms with Crippen molar-refractivity contribution in [1.29, 1.82) is 0 Å². The molecule has 0 fully saturated rings. The van der Waals surface area contributed by atoms with Crippen molar-refractivity contribution in [3.8, 4) is 0 Å². The van der Waals surface area contributed by atoms with Gasteiger partial charge in [-0.3, -0.25) is 9.59 Å². The van der Waals surface area contributed by atoms with Crippen molar-refractivity contribution >= 4 is 11.9 Å². The Morgan fingerprint density at radius 1 is 0.613 bits per heavy atom. The largest absolute Gasteiger partial charge is 0.463 e. The van der Waals surface area contributed by atoms with Gasteiger partial charge in [0.15, 0.2) is 0 Å². The van der Waals surface area contributed by atoms with Gasteiger partial charge < -0.3 is 23.7 Å². The summed E-state index contributed by atoms with van der Waals surface area (Å²) in [4.78, 5) is 23.3. The van der Waals surface area contributed by atoms with E-state index in [-0.39, 0.29) is 32.2 Å². The van der Waals surface area contributed by atoms with Gasteiger partial charge in [-0.1, -0.05) is 71.1 Å². The highest BCUT2D eigenvalue weighted by Gasteiger charge is 2.14. The molecule has 0 heterocycles. The molecule has 0 aromatic heterocycles. The van der Waals surface area contributed by atoms with Crippen LogP contribution in [0.1, 0.15) is 90.4 Å². The average molecular weight is 447 g/mol. The monoisotopic (exact) mass is 446 g/mol. The first-order valence-corrected chi connectivity index (χ1v) is 12.0. The molecular weight excluding hydrogens is 400 g/mol. The lowest BCUT2D eigenvalue weighted by Gasteiger charge is -2.17. The zero-order valence-corrected chi connectivity index (χ0v) is 20.2. The molecule has 0 N–H and O–H groups in total. The Morgan fingerprint density at radius 3 is 1.71 bits per heavy atom. The van der Waals surface area contributed by atoms with Gasteiger partial charge >= 0.3 is 11.9 Å². The highest BCUT2D eigenvalue weighted by Crippen LogP contribution is 2.11. The van der Waals surface area contributed by atoms with E-state index < -0.39 is 11.9 Å². The SMILES string of the molecule is CCCCCCCCCCCCCOC(COC)COC(=O)CCC(=O)OCCOC. The van der Waals surface area contributed by atoms with Crippen molar-refractivity contribution < 1.29 is 33.3 Å². The lowest BCUT2D eigenvalue weighted by molar-refractivity contribution is -0.154. The minimum Gasteiger partial charge on any atom is -0.463 e. The molecule has 0 aromatic rings. The maximum atomic E-state index is 11.8. The number of esters is 2. The molecule has 0 amide bonds. The molecule has 0 aliphatic carbocycles. The van der Waals surface area contributed by atoms with Gasteiger partial charge in [0.05, 0.1) is 26.1 Å². The number of carbonyl (C=O) groups excluding carboxylic acids is 2. The van der Waals surface area contributed by atoms with Gasteiger partial charge in [0, 0.05) is 20.8 Å². The molecule has 184 valence electrons. The third kappa shape index (κ3) is 21.8. The third-order valence-electron chi connectivity index (χ3n) is 4.97. The quantitative estimate of drug-likeness (QED) is 0.164. The second-order valence-electron chi connectivity index (χ2n) is 7.88. The maximum absolute atomic E-state index is 11.8. The highest BCUT2D eigenvalue weighted by molar-refractivity contribution is 5.77. The fourth-order valence-electron chi connectivity index (χ4n) is 3.12. The minimum absolute atomic E-state index is 0.00289. The number of hydrogen-bond donors (Lipinski definition) is 0. The summed E-state index contributed by atoms with van der Waals surface area (Å²) in [6, 6.07) is 0. The van der Waals surface area contributed by atoms with Crippen molar-refractivity contribution in [3.63, 3.8) is 0 Å². The molecule has 1 unspecified atom stereocenters. The summed E-state index contributed by atoms with van der Waals surface area (Å²) in [6.07, 6.45) is 13.9. The van der Waals surface area contributed by atoms with Gasteiger partial charge in [-0.2, -0.15) is 0 Å². The number of ether oxygens (including phenoxy) is 5. The van der Waals surface area contributed by atoms with E-state index >= 15 is 0 Å². The molecule has 1 atom stereocenters. The molecule has 31 heavy (non-hydrogen) atoms. The zero-order valence-electron chi connectivity index (χ0n) is 20.2. The third-order valence-corrected chi connectivity index (χ3v) is 4.97. The number of hydrogen-bond acceptors (Lipinski definition) is 7. The van der Waals surface area contributed by atoms with E-state index in [9.17, 15) is 9.59 Å². The minimum atomic E-state index is -0.442. The Hall–Kier alpha value is -1.18. The van der Waals surface area contributed by atoms with Crippen LogP contribution in [0.2, 0.25) is 0 Å². The fraction of sp³-hybridized carbons (Fsp3) is 0.917. The molecule has 0 radical (unpaired) electrons. The smallest absolute Gasteiger partial charge is 0.306 e. The summed E-state index contributed by atoms with van der Waals surface area (Å²) in [5.74, 6) is -0.877. The van der Waals surface area contributed by atoms with Crippen LogP contribution in [0.3, 0.4) is 0 Å². The van der Waals surface area contributed by atoms with Crippen molar-refractivity contribution in [2.45, 2.75) is 96.5 Å². The highest BCUT2D eigenvalue weighted by atomic mass is 16.6. The Bertz CT molecular complexity index is 415. The molecular formula is C24H46O7. The molecule has 7 heteroatoms. The van der Waals surface area contributed by atoms with E-state index in [1.165, 1.54) is 64.9 Å². The molecule has 0 spiro atoms. The van der Waals surface area contributed by atoms with E-state index in [1.54, 1.807) is 7.11 Å². The van der Waals surface area contributed by atoms with Gasteiger partial charge in [-0.15, -0.1) is 0 Å². The van der Waals surface area contributed by atoms with Crippen LogP contribution in [0.5, 0.6) is 0 Å². The van der Waals surface area contributed by atoms with E-state index in [0.717, 1.165) is 12.8 Å². The van der Waals surface area contributed by atoms with E-state index in [0.29, 0.717) is 19.8 Å². The van der Waals surface area contributed by atoms with Gasteiger partial charge in [-0.25, -0.2) is 0 Å². The van der Waals surface area contributed by atoms with Gasteiger partial charge in [0.1, 0.15) is 19.3 Å². The Kier molecular flexibility index (Phi) is 22.6. The summed E-state index contributed by atoms with van der Waals surface area (Å²) in [5.41, 5.74) is 0. The standard InChI is InChI=1S/C24H46O7/c1-4-5-6-7-8-9-10-11-12-13-14-17-29-22(20-28-3)21-31-24(26)16-15-23(25)30-19-18-27-2/h22H,4-21H2,1-3H3. The van der Waals surface area contributed by atoms with Crippen LogP contribution in [0.15, 0.2) is 0 Å². The number of unbranched alkanes of at least 4 members (excludes halogenated alkanes) is 10. The summed E-state index contributed by atoms with van der Waals surface area (Å²) in [6.45, 7) is 3.90.